The number of hydrogen-bond donors (Lipinski definition) is 1. The fourth-order valence-corrected chi connectivity index (χ4v) is 3.18. The van der Waals surface area contributed by atoms with Crippen molar-refractivity contribution in [1.29, 1.82) is 0 Å². The number of benzene rings is 2. The molecule has 2 rings (SSSR count). The first-order valence-corrected chi connectivity index (χ1v) is 7.97. The summed E-state index contributed by atoms with van der Waals surface area (Å²) in [6, 6.07) is 14.5. The van der Waals surface area contributed by atoms with Crippen molar-refractivity contribution in [2.24, 2.45) is 0 Å². The van der Waals surface area contributed by atoms with Gasteiger partial charge in [-0.25, -0.2) is 0 Å². The largest absolute Gasteiger partial charge is 0.381 e. The average Bonchev–Trinajstić information content (AvgIpc) is 2.36. The monoisotopic (exact) mass is 401 g/mol. The second kappa shape index (κ2) is 6.78. The van der Waals surface area contributed by atoms with Crippen molar-refractivity contribution in [3.63, 3.8) is 0 Å². The summed E-state index contributed by atoms with van der Waals surface area (Å²) in [6.07, 6.45) is 0.958. The molecule has 0 saturated heterocycles. The van der Waals surface area contributed by atoms with Crippen molar-refractivity contribution in [2.45, 2.75) is 19.4 Å². The molecule has 0 spiro atoms. The van der Waals surface area contributed by atoms with Crippen molar-refractivity contribution < 1.29 is 0 Å². The predicted octanol–water partition coefficient (Wildman–Crippen LogP) is 5.91. The van der Waals surface area contributed by atoms with E-state index < -0.39 is 0 Å². The lowest BCUT2D eigenvalue weighted by Crippen LogP contribution is -2.18. The van der Waals surface area contributed by atoms with E-state index in [-0.39, 0.29) is 0 Å². The molecule has 2 aromatic carbocycles. The number of halogens is 3. The van der Waals surface area contributed by atoms with Crippen LogP contribution in [0.5, 0.6) is 0 Å². The summed E-state index contributed by atoms with van der Waals surface area (Å²) in [5, 5.41) is 4.28. The summed E-state index contributed by atoms with van der Waals surface area (Å²) in [5.74, 6) is 0. The van der Waals surface area contributed by atoms with Gasteiger partial charge in [0.15, 0.2) is 0 Å². The summed E-state index contributed by atoms with van der Waals surface area (Å²) in [6.45, 7) is 2.17. The van der Waals surface area contributed by atoms with Crippen LogP contribution in [0.4, 0.5) is 5.69 Å². The van der Waals surface area contributed by atoms with Crippen LogP contribution < -0.4 is 5.32 Å². The first-order valence-electron chi connectivity index (χ1n) is 6.00. The van der Waals surface area contributed by atoms with Gasteiger partial charge >= 0.3 is 0 Å². The van der Waals surface area contributed by atoms with E-state index in [1.54, 1.807) is 0 Å². The van der Waals surface area contributed by atoms with Gasteiger partial charge in [-0.05, 0) is 65.2 Å². The topological polar surface area (TPSA) is 12.0 Å². The lowest BCUT2D eigenvalue weighted by atomic mass is 10.1. The summed E-state index contributed by atoms with van der Waals surface area (Å²) in [5.41, 5.74) is 2.38. The molecule has 4 heteroatoms. The molecule has 1 nitrogen and oxygen atoms in total. The minimum Gasteiger partial charge on any atom is -0.381 e. The van der Waals surface area contributed by atoms with Gasteiger partial charge in [0, 0.05) is 25.7 Å². The standard InChI is InChI=1S/C15H14Br2ClN/c1-10(8-11-2-5-13(18)6-3-11)19-15-7-4-12(16)9-14(15)17/h2-7,9-10,19H,8H2,1H3. The Morgan fingerprint density at radius 2 is 1.79 bits per heavy atom. The van der Waals surface area contributed by atoms with Gasteiger partial charge in [0.05, 0.1) is 0 Å². The molecular formula is C15H14Br2ClN. The molecule has 0 aromatic heterocycles. The molecule has 0 aliphatic rings. The molecule has 0 amide bonds. The van der Waals surface area contributed by atoms with E-state index in [4.69, 9.17) is 11.6 Å². The Balaban J connectivity index is 2.01. The third-order valence-corrected chi connectivity index (χ3v) is 4.19. The van der Waals surface area contributed by atoms with Gasteiger partial charge < -0.3 is 5.32 Å². The first-order chi connectivity index (χ1) is 9.04. The van der Waals surface area contributed by atoms with Gasteiger partial charge in [0.25, 0.3) is 0 Å². The highest BCUT2D eigenvalue weighted by Gasteiger charge is 2.06. The molecule has 1 unspecified atom stereocenters. The maximum Gasteiger partial charge on any atom is 0.0487 e. The molecule has 0 aliphatic heterocycles. The Morgan fingerprint density at radius 1 is 1.11 bits per heavy atom. The highest BCUT2D eigenvalue weighted by atomic mass is 79.9. The fraction of sp³-hybridized carbons (Fsp3) is 0.200. The van der Waals surface area contributed by atoms with Gasteiger partial charge in [-0.3, -0.25) is 0 Å². The van der Waals surface area contributed by atoms with Crippen molar-refractivity contribution in [1.82, 2.24) is 0 Å². The van der Waals surface area contributed by atoms with E-state index in [1.807, 2.05) is 24.3 Å². The Hall–Kier alpha value is -0.510. The van der Waals surface area contributed by atoms with E-state index in [0.717, 1.165) is 26.1 Å². The zero-order chi connectivity index (χ0) is 13.8. The number of hydrogen-bond acceptors (Lipinski definition) is 1. The fourth-order valence-electron chi connectivity index (χ4n) is 1.90. The average molecular weight is 404 g/mol. The Bertz CT molecular complexity index is 555. The molecule has 2 aromatic rings. The Kier molecular flexibility index (Phi) is 5.31. The van der Waals surface area contributed by atoms with E-state index in [9.17, 15) is 0 Å². The molecule has 0 heterocycles. The SMILES string of the molecule is CC(Cc1ccc(Cl)cc1)Nc1ccc(Br)cc1Br. The second-order valence-electron chi connectivity index (χ2n) is 4.50. The molecule has 19 heavy (non-hydrogen) atoms. The molecule has 1 atom stereocenters. The van der Waals surface area contributed by atoms with E-state index in [1.165, 1.54) is 5.56 Å². The van der Waals surface area contributed by atoms with Crippen molar-refractivity contribution in [2.75, 3.05) is 5.32 Å². The predicted molar refractivity (Wildman–Crippen MR) is 90.1 cm³/mol. The van der Waals surface area contributed by atoms with Gasteiger partial charge in [-0.15, -0.1) is 0 Å². The van der Waals surface area contributed by atoms with Crippen LogP contribution in [-0.4, -0.2) is 6.04 Å². The molecule has 1 N–H and O–H groups in total. The van der Waals surface area contributed by atoms with Crippen molar-refractivity contribution in [3.05, 3.63) is 62.0 Å². The van der Waals surface area contributed by atoms with Crippen LogP contribution in [0.25, 0.3) is 0 Å². The van der Waals surface area contributed by atoms with Crippen LogP contribution in [0.2, 0.25) is 5.02 Å². The Labute approximate surface area is 135 Å². The van der Waals surface area contributed by atoms with Crippen LogP contribution in [0.1, 0.15) is 12.5 Å². The third-order valence-electron chi connectivity index (χ3n) is 2.79. The van der Waals surface area contributed by atoms with Crippen molar-refractivity contribution >= 4 is 49.1 Å². The highest BCUT2D eigenvalue weighted by molar-refractivity contribution is 9.11. The van der Waals surface area contributed by atoms with Gasteiger partial charge in [-0.1, -0.05) is 39.7 Å². The van der Waals surface area contributed by atoms with Crippen molar-refractivity contribution in [3.8, 4) is 0 Å². The van der Waals surface area contributed by atoms with Crippen LogP contribution in [0, 0.1) is 0 Å². The highest BCUT2D eigenvalue weighted by Crippen LogP contribution is 2.27. The third kappa shape index (κ3) is 4.51. The lowest BCUT2D eigenvalue weighted by molar-refractivity contribution is 0.789. The summed E-state index contributed by atoms with van der Waals surface area (Å²) >= 11 is 12.9. The van der Waals surface area contributed by atoms with Crippen LogP contribution in [-0.2, 0) is 6.42 Å². The van der Waals surface area contributed by atoms with Gasteiger partial charge in [-0.2, -0.15) is 0 Å². The van der Waals surface area contributed by atoms with E-state index >= 15 is 0 Å². The zero-order valence-electron chi connectivity index (χ0n) is 10.5. The molecule has 100 valence electrons. The van der Waals surface area contributed by atoms with Crippen LogP contribution in [0.3, 0.4) is 0 Å². The Morgan fingerprint density at radius 3 is 2.42 bits per heavy atom. The zero-order valence-corrected chi connectivity index (χ0v) is 14.4. The number of anilines is 1. The van der Waals surface area contributed by atoms with E-state index in [0.29, 0.717) is 6.04 Å². The normalized spacial score (nSPS) is 12.2. The minimum absolute atomic E-state index is 0.346. The number of nitrogens with one attached hydrogen (secondary N) is 1. The maximum absolute atomic E-state index is 5.89. The maximum atomic E-state index is 5.89. The molecule has 0 bridgehead atoms. The van der Waals surface area contributed by atoms with Crippen LogP contribution in [0.15, 0.2) is 51.4 Å². The molecule has 0 aliphatic carbocycles. The first kappa shape index (κ1) is 14.9. The van der Waals surface area contributed by atoms with E-state index in [2.05, 4.69) is 62.3 Å². The van der Waals surface area contributed by atoms with Gasteiger partial charge in [0.1, 0.15) is 0 Å². The molecular weight excluding hydrogens is 389 g/mol. The molecule has 0 fully saturated rings. The van der Waals surface area contributed by atoms with Gasteiger partial charge in [0.2, 0.25) is 0 Å². The quantitative estimate of drug-likeness (QED) is 0.669. The van der Waals surface area contributed by atoms with Crippen LogP contribution >= 0.6 is 43.5 Å². The number of rotatable bonds is 4. The molecule has 0 radical (unpaired) electrons. The smallest absolute Gasteiger partial charge is 0.0487 e. The lowest BCUT2D eigenvalue weighted by Gasteiger charge is -2.17. The molecule has 0 saturated carbocycles. The second-order valence-corrected chi connectivity index (χ2v) is 6.71. The minimum atomic E-state index is 0.346. The summed E-state index contributed by atoms with van der Waals surface area (Å²) in [4.78, 5) is 0. The summed E-state index contributed by atoms with van der Waals surface area (Å²) < 4.78 is 2.13. The summed E-state index contributed by atoms with van der Waals surface area (Å²) in [7, 11) is 0.